The number of H-pyrrole nitrogens is 1. The zero-order chi connectivity index (χ0) is 20.5. The molecule has 0 spiro atoms. The fraction of sp³-hybridized carbons (Fsp3) is 0.286. The molecule has 1 saturated heterocycles. The van der Waals surface area contributed by atoms with Crippen LogP contribution < -0.4 is 4.74 Å². The zero-order valence-corrected chi connectivity index (χ0v) is 17.1. The van der Waals surface area contributed by atoms with Crippen LogP contribution in [0.2, 0.25) is 0 Å². The van der Waals surface area contributed by atoms with Crippen LogP contribution in [0.25, 0.3) is 33.1 Å². The molecule has 0 aliphatic carbocycles. The molecule has 3 aromatic heterocycles. The maximum absolute atomic E-state index is 9.67. The van der Waals surface area contributed by atoms with E-state index in [1.165, 1.54) is 6.33 Å². The van der Waals surface area contributed by atoms with Gasteiger partial charge in [-0.25, -0.2) is 19.9 Å². The van der Waals surface area contributed by atoms with Crippen molar-refractivity contribution < 1.29 is 9.47 Å². The summed E-state index contributed by atoms with van der Waals surface area (Å²) in [5.41, 5.74) is 3.22. The summed E-state index contributed by atoms with van der Waals surface area (Å²) in [5.74, 6) is 1.29. The summed E-state index contributed by atoms with van der Waals surface area (Å²) in [6.07, 6.45) is 5.01. The lowest BCUT2D eigenvalue weighted by molar-refractivity contribution is 0.0254. The average Bonchev–Trinajstić information content (AvgIpc) is 3.40. The molecule has 4 heterocycles. The monoisotopic (exact) mass is 418 g/mol. The van der Waals surface area contributed by atoms with Gasteiger partial charge >= 0.3 is 0 Å². The van der Waals surface area contributed by atoms with E-state index in [0.717, 1.165) is 28.3 Å². The number of nitrogens with one attached hydrogen (secondary N) is 1. The van der Waals surface area contributed by atoms with Crippen molar-refractivity contribution in [3.05, 3.63) is 41.3 Å². The van der Waals surface area contributed by atoms with Gasteiger partial charge in [0.2, 0.25) is 0 Å². The summed E-state index contributed by atoms with van der Waals surface area (Å²) in [7, 11) is 0. The number of ether oxygens (including phenoxy) is 2. The summed E-state index contributed by atoms with van der Waals surface area (Å²) >= 11 is 1.56. The van der Waals surface area contributed by atoms with E-state index in [1.807, 2.05) is 19.1 Å². The number of fused-ring (bicyclic) bond motifs is 1. The maximum Gasteiger partial charge on any atom is 0.161 e. The van der Waals surface area contributed by atoms with E-state index in [9.17, 15) is 5.26 Å². The van der Waals surface area contributed by atoms with Gasteiger partial charge in [-0.3, -0.25) is 0 Å². The second-order valence-electron chi connectivity index (χ2n) is 7.00. The van der Waals surface area contributed by atoms with Gasteiger partial charge in [0.1, 0.15) is 35.5 Å². The van der Waals surface area contributed by atoms with Crippen LogP contribution in [0.15, 0.2) is 30.7 Å². The van der Waals surface area contributed by atoms with Crippen LogP contribution >= 0.6 is 11.3 Å². The molecular formula is C21H18N6O2S. The van der Waals surface area contributed by atoms with Gasteiger partial charge in [0.25, 0.3) is 0 Å². The van der Waals surface area contributed by atoms with Crippen molar-refractivity contribution in [1.29, 1.82) is 5.26 Å². The van der Waals surface area contributed by atoms with Crippen LogP contribution in [0.1, 0.15) is 23.4 Å². The molecule has 8 nitrogen and oxygen atoms in total. The normalized spacial score (nSPS) is 14.7. The number of aromatic nitrogens is 5. The van der Waals surface area contributed by atoms with E-state index in [-0.39, 0.29) is 6.10 Å². The lowest BCUT2D eigenvalue weighted by Crippen LogP contribution is -2.26. The molecule has 1 fully saturated rings. The van der Waals surface area contributed by atoms with Gasteiger partial charge in [0, 0.05) is 24.6 Å². The Kier molecular flexibility index (Phi) is 4.86. The Balaban J connectivity index is 1.51. The Hall–Kier alpha value is -3.35. The van der Waals surface area contributed by atoms with Crippen LogP contribution in [-0.2, 0) is 4.74 Å². The molecule has 5 rings (SSSR count). The number of nitrogens with zero attached hydrogens (tertiary/aromatic N) is 5. The first-order chi connectivity index (χ1) is 14.7. The molecule has 0 amide bonds. The number of hydrogen-bond acceptors (Lipinski definition) is 8. The van der Waals surface area contributed by atoms with Crippen molar-refractivity contribution in [3.63, 3.8) is 0 Å². The third kappa shape index (κ3) is 3.51. The minimum Gasteiger partial charge on any atom is -0.489 e. The van der Waals surface area contributed by atoms with Gasteiger partial charge in [0.15, 0.2) is 11.5 Å². The highest BCUT2D eigenvalue weighted by Crippen LogP contribution is 2.32. The van der Waals surface area contributed by atoms with Gasteiger partial charge in [-0.2, -0.15) is 5.26 Å². The smallest absolute Gasteiger partial charge is 0.161 e. The van der Waals surface area contributed by atoms with E-state index in [2.05, 4.69) is 26.0 Å². The van der Waals surface area contributed by atoms with Gasteiger partial charge < -0.3 is 14.5 Å². The molecule has 1 aromatic carbocycles. The zero-order valence-electron chi connectivity index (χ0n) is 16.3. The summed E-state index contributed by atoms with van der Waals surface area (Å²) in [6, 6.07) is 7.77. The first-order valence-electron chi connectivity index (χ1n) is 9.63. The summed E-state index contributed by atoms with van der Waals surface area (Å²) in [5, 5.41) is 10.6. The fourth-order valence-electron chi connectivity index (χ4n) is 3.47. The van der Waals surface area contributed by atoms with Crippen LogP contribution in [0.4, 0.5) is 0 Å². The minimum atomic E-state index is 0.0687. The molecule has 1 aliphatic heterocycles. The lowest BCUT2D eigenvalue weighted by atomic mass is 10.1. The number of aromatic amines is 1. The number of imidazole rings is 1. The predicted molar refractivity (Wildman–Crippen MR) is 112 cm³/mol. The van der Waals surface area contributed by atoms with Crippen LogP contribution in [0.5, 0.6) is 5.75 Å². The van der Waals surface area contributed by atoms with Crippen molar-refractivity contribution in [1.82, 2.24) is 24.9 Å². The van der Waals surface area contributed by atoms with Crippen LogP contribution in [0, 0.1) is 18.3 Å². The Morgan fingerprint density at radius 3 is 2.87 bits per heavy atom. The Morgan fingerprint density at radius 1 is 1.23 bits per heavy atom. The first kappa shape index (κ1) is 18.7. The van der Waals surface area contributed by atoms with Gasteiger partial charge in [-0.05, 0) is 25.1 Å². The molecule has 0 saturated carbocycles. The SMILES string of the molecule is Cc1ncc(-c2nc3c(-c4ccc(OC5CCOCC5)c(C#N)c4)ncnc3[nH]2)s1. The Morgan fingerprint density at radius 2 is 2.10 bits per heavy atom. The molecule has 0 atom stereocenters. The largest absolute Gasteiger partial charge is 0.489 e. The molecule has 9 heteroatoms. The summed E-state index contributed by atoms with van der Waals surface area (Å²) in [6.45, 7) is 3.32. The molecule has 0 unspecified atom stereocenters. The van der Waals surface area contributed by atoms with Crippen molar-refractivity contribution in [2.75, 3.05) is 13.2 Å². The number of hydrogen-bond donors (Lipinski definition) is 1. The van der Waals surface area contributed by atoms with E-state index in [0.29, 0.717) is 47.2 Å². The fourth-order valence-corrected chi connectivity index (χ4v) is 4.19. The molecule has 0 radical (unpaired) electrons. The van der Waals surface area contributed by atoms with E-state index in [1.54, 1.807) is 23.6 Å². The van der Waals surface area contributed by atoms with Gasteiger partial charge in [-0.1, -0.05) is 0 Å². The number of rotatable bonds is 4. The Labute approximate surface area is 176 Å². The van der Waals surface area contributed by atoms with Crippen molar-refractivity contribution in [2.45, 2.75) is 25.9 Å². The number of benzene rings is 1. The van der Waals surface area contributed by atoms with Crippen LogP contribution in [-0.4, -0.2) is 44.2 Å². The van der Waals surface area contributed by atoms with E-state index in [4.69, 9.17) is 14.5 Å². The molecule has 30 heavy (non-hydrogen) atoms. The second kappa shape index (κ2) is 7.82. The number of thiazole rings is 1. The van der Waals surface area contributed by atoms with E-state index < -0.39 is 0 Å². The average molecular weight is 418 g/mol. The maximum atomic E-state index is 9.67. The topological polar surface area (TPSA) is 110 Å². The highest BCUT2D eigenvalue weighted by Gasteiger charge is 2.19. The molecule has 1 aliphatic rings. The molecular weight excluding hydrogens is 400 g/mol. The molecule has 4 aromatic rings. The van der Waals surface area contributed by atoms with Crippen LogP contribution in [0.3, 0.4) is 0 Å². The highest BCUT2D eigenvalue weighted by atomic mass is 32.1. The van der Waals surface area contributed by atoms with E-state index >= 15 is 0 Å². The van der Waals surface area contributed by atoms with Gasteiger partial charge in [0.05, 0.1) is 28.7 Å². The second-order valence-corrected chi connectivity index (χ2v) is 8.24. The first-order valence-corrected chi connectivity index (χ1v) is 10.5. The third-order valence-corrected chi connectivity index (χ3v) is 5.89. The molecule has 0 bridgehead atoms. The standard InChI is InChI=1S/C21H18N6O2S/c1-12-23-10-17(30-12)20-26-19-18(24-11-25-21(19)27-20)13-2-3-16(14(8-13)9-22)29-15-4-6-28-7-5-15/h2-3,8,10-11,15H,4-7H2,1H3,(H,24,25,26,27). The molecule has 150 valence electrons. The van der Waals surface area contributed by atoms with Crippen molar-refractivity contribution >= 4 is 22.5 Å². The van der Waals surface area contributed by atoms with Gasteiger partial charge in [-0.15, -0.1) is 11.3 Å². The third-order valence-electron chi connectivity index (χ3n) is 4.97. The molecule has 1 N–H and O–H groups in total. The highest BCUT2D eigenvalue weighted by molar-refractivity contribution is 7.14. The quantitative estimate of drug-likeness (QED) is 0.535. The summed E-state index contributed by atoms with van der Waals surface area (Å²) in [4.78, 5) is 21.9. The minimum absolute atomic E-state index is 0.0687. The Bertz CT molecular complexity index is 1250. The summed E-state index contributed by atoms with van der Waals surface area (Å²) < 4.78 is 11.4. The lowest BCUT2D eigenvalue weighted by Gasteiger charge is -2.23. The predicted octanol–water partition coefficient (Wildman–Crippen LogP) is 3.88. The van der Waals surface area contributed by atoms with Crippen molar-refractivity contribution in [2.24, 2.45) is 0 Å². The number of nitriles is 1. The van der Waals surface area contributed by atoms with Crippen molar-refractivity contribution in [3.8, 4) is 33.8 Å². The number of aryl methyl sites for hydroxylation is 1.